The molecule has 0 bridgehead atoms. The first-order valence-corrected chi connectivity index (χ1v) is 7.72. The second-order valence-electron chi connectivity index (χ2n) is 5.65. The van der Waals surface area contributed by atoms with E-state index in [4.69, 9.17) is 16.3 Å². The van der Waals surface area contributed by atoms with Crippen LogP contribution in [0.1, 0.15) is 24.0 Å². The van der Waals surface area contributed by atoms with Crippen LogP contribution in [-0.2, 0) is 6.54 Å². The minimum atomic E-state index is 0.718. The average molecular weight is 302 g/mol. The zero-order valence-electron chi connectivity index (χ0n) is 12.4. The van der Waals surface area contributed by atoms with Gasteiger partial charge in [0.1, 0.15) is 5.75 Å². The van der Waals surface area contributed by atoms with Gasteiger partial charge in [0, 0.05) is 23.2 Å². The summed E-state index contributed by atoms with van der Waals surface area (Å²) < 4.78 is 5.48. The third kappa shape index (κ3) is 3.39. The summed E-state index contributed by atoms with van der Waals surface area (Å²) in [6.07, 6.45) is 2.61. The first kappa shape index (κ1) is 14.4. The van der Waals surface area contributed by atoms with Crippen LogP contribution in [0.25, 0.3) is 11.1 Å². The van der Waals surface area contributed by atoms with Gasteiger partial charge in [-0.1, -0.05) is 23.7 Å². The molecule has 0 aliphatic heterocycles. The van der Waals surface area contributed by atoms with Crippen LogP contribution in [0.15, 0.2) is 36.4 Å². The highest BCUT2D eigenvalue weighted by atomic mass is 35.5. The standard InChI is InChI=1S/C18H20ClNO/c1-12-3-4-13(11-20-15-6-7-15)9-16(12)17-10-14(19)5-8-18(17)21-2/h3-5,8-10,15,20H,6-7,11H2,1-2H3. The van der Waals surface area contributed by atoms with Crippen LogP contribution < -0.4 is 10.1 Å². The van der Waals surface area contributed by atoms with Gasteiger partial charge < -0.3 is 10.1 Å². The van der Waals surface area contributed by atoms with Crippen LogP contribution in [-0.4, -0.2) is 13.2 Å². The van der Waals surface area contributed by atoms with E-state index in [1.807, 2.05) is 18.2 Å². The molecule has 2 nitrogen and oxygen atoms in total. The van der Waals surface area contributed by atoms with Gasteiger partial charge in [0.2, 0.25) is 0 Å². The Balaban J connectivity index is 1.95. The molecule has 1 fully saturated rings. The molecule has 0 aromatic heterocycles. The van der Waals surface area contributed by atoms with Gasteiger partial charge in [0.25, 0.3) is 0 Å². The fourth-order valence-electron chi connectivity index (χ4n) is 2.51. The van der Waals surface area contributed by atoms with Crippen LogP contribution in [0.2, 0.25) is 5.02 Å². The molecule has 2 aromatic carbocycles. The quantitative estimate of drug-likeness (QED) is 0.873. The lowest BCUT2D eigenvalue weighted by Crippen LogP contribution is -2.15. The lowest BCUT2D eigenvalue weighted by molar-refractivity contribution is 0.416. The minimum absolute atomic E-state index is 0.718. The van der Waals surface area contributed by atoms with E-state index in [1.165, 1.54) is 29.5 Å². The molecule has 1 saturated carbocycles. The SMILES string of the molecule is COc1ccc(Cl)cc1-c1cc(CNC2CC2)ccc1C. The van der Waals surface area contributed by atoms with Gasteiger partial charge in [-0.25, -0.2) is 0 Å². The van der Waals surface area contributed by atoms with Gasteiger partial charge in [-0.3, -0.25) is 0 Å². The summed E-state index contributed by atoms with van der Waals surface area (Å²) >= 11 is 6.16. The maximum atomic E-state index is 6.16. The highest BCUT2D eigenvalue weighted by Crippen LogP contribution is 2.35. The normalized spacial score (nSPS) is 14.2. The van der Waals surface area contributed by atoms with E-state index in [0.717, 1.165) is 28.9 Å². The maximum absolute atomic E-state index is 6.16. The van der Waals surface area contributed by atoms with Gasteiger partial charge in [0.15, 0.2) is 0 Å². The van der Waals surface area contributed by atoms with Gasteiger partial charge in [-0.2, -0.15) is 0 Å². The topological polar surface area (TPSA) is 21.3 Å². The Morgan fingerprint density at radius 2 is 1.95 bits per heavy atom. The van der Waals surface area contributed by atoms with Crippen molar-refractivity contribution in [3.8, 4) is 16.9 Å². The van der Waals surface area contributed by atoms with Crippen molar-refractivity contribution < 1.29 is 4.74 Å². The van der Waals surface area contributed by atoms with E-state index in [2.05, 4.69) is 30.4 Å². The van der Waals surface area contributed by atoms with Crippen molar-refractivity contribution in [2.45, 2.75) is 32.4 Å². The summed E-state index contributed by atoms with van der Waals surface area (Å²) in [5.41, 5.74) is 4.76. The number of aryl methyl sites for hydroxylation is 1. The third-order valence-corrected chi connectivity index (χ3v) is 4.16. The Labute approximate surface area is 131 Å². The number of ether oxygens (including phenoxy) is 1. The summed E-state index contributed by atoms with van der Waals surface area (Å²) in [5, 5.41) is 4.28. The van der Waals surface area contributed by atoms with Crippen LogP contribution in [0, 0.1) is 6.92 Å². The summed E-state index contributed by atoms with van der Waals surface area (Å²) in [4.78, 5) is 0. The van der Waals surface area contributed by atoms with E-state index in [1.54, 1.807) is 7.11 Å². The monoisotopic (exact) mass is 301 g/mol. The number of hydrogen-bond donors (Lipinski definition) is 1. The average Bonchev–Trinajstić information content (AvgIpc) is 3.30. The molecule has 0 amide bonds. The first-order chi connectivity index (χ1) is 10.2. The summed E-state index contributed by atoms with van der Waals surface area (Å²) in [6, 6.07) is 13.1. The summed E-state index contributed by atoms with van der Waals surface area (Å²) in [5.74, 6) is 0.856. The molecular formula is C18H20ClNO. The molecule has 2 aromatic rings. The molecular weight excluding hydrogens is 282 g/mol. The largest absolute Gasteiger partial charge is 0.496 e. The number of hydrogen-bond acceptors (Lipinski definition) is 2. The van der Waals surface area contributed by atoms with E-state index in [-0.39, 0.29) is 0 Å². The molecule has 21 heavy (non-hydrogen) atoms. The van der Waals surface area contributed by atoms with Gasteiger partial charge >= 0.3 is 0 Å². The Hall–Kier alpha value is -1.51. The number of rotatable bonds is 5. The smallest absolute Gasteiger partial charge is 0.126 e. The lowest BCUT2D eigenvalue weighted by atomic mass is 9.97. The molecule has 1 aliphatic rings. The van der Waals surface area contributed by atoms with Gasteiger partial charge in [-0.05, 0) is 60.7 Å². The van der Waals surface area contributed by atoms with Crippen molar-refractivity contribution in [3.63, 3.8) is 0 Å². The van der Waals surface area contributed by atoms with Crippen LogP contribution in [0.4, 0.5) is 0 Å². The van der Waals surface area contributed by atoms with Crippen molar-refractivity contribution in [1.82, 2.24) is 5.32 Å². The predicted molar refractivity (Wildman–Crippen MR) is 88.0 cm³/mol. The van der Waals surface area contributed by atoms with Crippen molar-refractivity contribution in [1.29, 1.82) is 0 Å². The fraction of sp³-hybridized carbons (Fsp3) is 0.333. The second-order valence-corrected chi connectivity index (χ2v) is 6.09. The summed E-state index contributed by atoms with van der Waals surface area (Å²) in [6.45, 7) is 3.04. The zero-order chi connectivity index (χ0) is 14.8. The molecule has 0 spiro atoms. The second kappa shape index (κ2) is 6.08. The molecule has 0 radical (unpaired) electrons. The Morgan fingerprint density at radius 3 is 2.67 bits per heavy atom. The van der Waals surface area contributed by atoms with E-state index < -0.39 is 0 Å². The molecule has 3 heteroatoms. The Kier molecular flexibility index (Phi) is 4.18. The molecule has 110 valence electrons. The van der Waals surface area contributed by atoms with E-state index >= 15 is 0 Å². The highest BCUT2D eigenvalue weighted by Gasteiger charge is 2.20. The Morgan fingerprint density at radius 1 is 1.14 bits per heavy atom. The highest BCUT2D eigenvalue weighted by molar-refractivity contribution is 6.31. The van der Waals surface area contributed by atoms with Crippen LogP contribution >= 0.6 is 11.6 Å². The fourth-order valence-corrected chi connectivity index (χ4v) is 2.68. The molecule has 1 aliphatic carbocycles. The molecule has 0 unspecified atom stereocenters. The van der Waals surface area contributed by atoms with E-state index in [0.29, 0.717) is 0 Å². The van der Waals surface area contributed by atoms with Gasteiger partial charge in [-0.15, -0.1) is 0 Å². The number of benzene rings is 2. The third-order valence-electron chi connectivity index (χ3n) is 3.93. The molecule has 0 saturated heterocycles. The molecule has 1 N–H and O–H groups in total. The molecule has 3 rings (SSSR count). The maximum Gasteiger partial charge on any atom is 0.126 e. The summed E-state index contributed by atoms with van der Waals surface area (Å²) in [7, 11) is 1.70. The van der Waals surface area contributed by atoms with Crippen molar-refractivity contribution >= 4 is 11.6 Å². The number of methoxy groups -OCH3 is 1. The Bertz CT molecular complexity index is 650. The van der Waals surface area contributed by atoms with Gasteiger partial charge in [0.05, 0.1) is 7.11 Å². The number of halogens is 1. The minimum Gasteiger partial charge on any atom is -0.496 e. The van der Waals surface area contributed by atoms with E-state index in [9.17, 15) is 0 Å². The predicted octanol–water partition coefficient (Wildman–Crippen LogP) is 4.58. The van der Waals surface area contributed by atoms with Crippen LogP contribution in [0.5, 0.6) is 5.75 Å². The molecule has 0 atom stereocenters. The van der Waals surface area contributed by atoms with Crippen molar-refractivity contribution in [2.24, 2.45) is 0 Å². The lowest BCUT2D eigenvalue weighted by Gasteiger charge is -2.13. The number of nitrogens with one attached hydrogen (secondary N) is 1. The van der Waals surface area contributed by atoms with Crippen molar-refractivity contribution in [2.75, 3.05) is 7.11 Å². The molecule has 0 heterocycles. The van der Waals surface area contributed by atoms with Crippen LogP contribution in [0.3, 0.4) is 0 Å². The van der Waals surface area contributed by atoms with Crippen molar-refractivity contribution in [3.05, 3.63) is 52.5 Å². The first-order valence-electron chi connectivity index (χ1n) is 7.34. The zero-order valence-corrected chi connectivity index (χ0v) is 13.2.